The van der Waals surface area contributed by atoms with E-state index in [0.29, 0.717) is 19.6 Å². The number of ether oxygens (including phenoxy) is 2. The minimum Gasteiger partial charge on any atom is -0.469 e. The zero-order valence-corrected chi connectivity index (χ0v) is 14.6. The quantitative estimate of drug-likeness (QED) is 0.424. The molecule has 0 aromatic heterocycles. The van der Waals surface area contributed by atoms with Gasteiger partial charge in [-0.2, -0.15) is 0 Å². The maximum Gasteiger partial charge on any atom is 0.307 e. The van der Waals surface area contributed by atoms with E-state index in [0.717, 1.165) is 6.42 Å². The van der Waals surface area contributed by atoms with Gasteiger partial charge >= 0.3 is 5.97 Å². The molecule has 0 radical (unpaired) electrons. The summed E-state index contributed by atoms with van der Waals surface area (Å²) in [6, 6.07) is 17.0. The molecule has 128 valence electrons. The summed E-state index contributed by atoms with van der Waals surface area (Å²) >= 11 is 0. The highest BCUT2D eigenvalue weighted by atomic mass is 16.5. The molecule has 0 spiro atoms. The van der Waals surface area contributed by atoms with Crippen LogP contribution in [0.3, 0.4) is 0 Å². The lowest BCUT2D eigenvalue weighted by molar-refractivity contribution is -0.141. The Morgan fingerprint density at radius 1 is 0.917 bits per heavy atom. The van der Waals surface area contributed by atoms with Crippen LogP contribution in [0.25, 0.3) is 11.1 Å². The summed E-state index contributed by atoms with van der Waals surface area (Å²) in [6.07, 6.45) is 1.15. The van der Waals surface area contributed by atoms with Crippen LogP contribution in [0.1, 0.15) is 17.5 Å². The van der Waals surface area contributed by atoms with Crippen LogP contribution in [0.4, 0.5) is 0 Å². The number of rotatable bonds is 7. The molecule has 0 amide bonds. The molecule has 0 unspecified atom stereocenters. The van der Waals surface area contributed by atoms with Crippen LogP contribution in [-0.2, 0) is 20.7 Å². The fourth-order valence-electron chi connectivity index (χ4n) is 2.16. The van der Waals surface area contributed by atoms with E-state index in [2.05, 4.69) is 73.3 Å². The maximum absolute atomic E-state index is 10.9. The second kappa shape index (κ2) is 11.2. The molecule has 0 saturated carbocycles. The van der Waals surface area contributed by atoms with Crippen LogP contribution in [-0.4, -0.2) is 26.3 Å². The first kappa shape index (κ1) is 19.7. The molecule has 0 aliphatic rings. The number of carbonyl (C=O) groups is 1. The number of aryl methyl sites for hydroxylation is 1. The first-order valence-electron chi connectivity index (χ1n) is 7.99. The molecule has 0 aliphatic heterocycles. The van der Waals surface area contributed by atoms with Crippen molar-refractivity contribution >= 4 is 5.97 Å². The molecule has 2 aromatic carbocycles. The van der Waals surface area contributed by atoms with Crippen molar-refractivity contribution in [2.45, 2.75) is 19.8 Å². The van der Waals surface area contributed by atoms with Crippen LogP contribution in [0.2, 0.25) is 0 Å². The van der Waals surface area contributed by atoms with E-state index < -0.39 is 0 Å². The molecule has 24 heavy (non-hydrogen) atoms. The van der Waals surface area contributed by atoms with E-state index in [1.807, 2.05) is 0 Å². The van der Waals surface area contributed by atoms with Crippen molar-refractivity contribution in [2.24, 2.45) is 0 Å². The summed E-state index contributed by atoms with van der Waals surface area (Å²) < 4.78 is 10.00. The summed E-state index contributed by atoms with van der Waals surface area (Å²) in [5.41, 5.74) is 4.94. The van der Waals surface area contributed by atoms with E-state index >= 15 is 0 Å². The van der Waals surface area contributed by atoms with Gasteiger partial charge in [0.1, 0.15) is 0 Å². The lowest BCUT2D eigenvalue weighted by Gasteiger charge is -2.06. The Kier molecular flexibility index (Phi) is 9.17. The standard InChI is InChI=1S/C19H22O3.C2H4/c1-15-3-7-17(8-4-15)18-9-5-16(6-10-18)11-13-22-14-12-19(20)21-2;1-2/h3-10H,11-14H2,1-2H3;1-2H2. The molecule has 0 heterocycles. The Labute approximate surface area is 144 Å². The smallest absolute Gasteiger partial charge is 0.307 e. The fourth-order valence-corrected chi connectivity index (χ4v) is 2.16. The van der Waals surface area contributed by atoms with E-state index in [4.69, 9.17) is 4.74 Å². The molecule has 0 atom stereocenters. The molecule has 3 nitrogen and oxygen atoms in total. The summed E-state index contributed by atoms with van der Waals surface area (Å²) in [7, 11) is 1.39. The van der Waals surface area contributed by atoms with Gasteiger partial charge in [0, 0.05) is 0 Å². The van der Waals surface area contributed by atoms with E-state index in [1.54, 1.807) is 0 Å². The topological polar surface area (TPSA) is 35.5 Å². The monoisotopic (exact) mass is 326 g/mol. The van der Waals surface area contributed by atoms with Gasteiger partial charge in [0.2, 0.25) is 0 Å². The Morgan fingerprint density at radius 2 is 1.46 bits per heavy atom. The van der Waals surface area contributed by atoms with E-state index in [9.17, 15) is 4.79 Å². The van der Waals surface area contributed by atoms with Crippen LogP contribution in [0, 0.1) is 6.92 Å². The highest BCUT2D eigenvalue weighted by Gasteiger charge is 2.01. The third kappa shape index (κ3) is 6.80. The van der Waals surface area contributed by atoms with Gasteiger partial charge in [-0.15, -0.1) is 13.2 Å². The predicted molar refractivity (Wildman–Crippen MR) is 99.0 cm³/mol. The molecule has 3 heteroatoms. The lowest BCUT2D eigenvalue weighted by Crippen LogP contribution is -2.07. The van der Waals surface area contributed by atoms with Crippen molar-refractivity contribution in [3.8, 4) is 11.1 Å². The normalized spacial score (nSPS) is 9.75. The van der Waals surface area contributed by atoms with Gasteiger partial charge < -0.3 is 9.47 Å². The van der Waals surface area contributed by atoms with E-state index in [-0.39, 0.29) is 5.97 Å². The van der Waals surface area contributed by atoms with Crippen molar-refractivity contribution in [2.75, 3.05) is 20.3 Å². The number of esters is 1. The van der Waals surface area contributed by atoms with Gasteiger partial charge in [0.05, 0.1) is 26.7 Å². The van der Waals surface area contributed by atoms with Gasteiger partial charge in [-0.25, -0.2) is 0 Å². The van der Waals surface area contributed by atoms with Crippen molar-refractivity contribution < 1.29 is 14.3 Å². The third-order valence-electron chi connectivity index (χ3n) is 3.55. The Balaban J connectivity index is 0.00000139. The molecule has 0 saturated heterocycles. The first-order chi connectivity index (χ1) is 11.7. The molecular weight excluding hydrogens is 300 g/mol. The summed E-state index contributed by atoms with van der Waals surface area (Å²) in [4.78, 5) is 10.9. The van der Waals surface area contributed by atoms with Gasteiger partial charge in [-0.3, -0.25) is 4.79 Å². The molecule has 0 aliphatic carbocycles. The van der Waals surface area contributed by atoms with E-state index in [1.165, 1.54) is 29.4 Å². The van der Waals surface area contributed by atoms with Gasteiger partial charge in [0.25, 0.3) is 0 Å². The average molecular weight is 326 g/mol. The Bertz CT molecular complexity index is 600. The van der Waals surface area contributed by atoms with Gasteiger partial charge in [-0.1, -0.05) is 54.1 Å². The zero-order chi connectivity index (χ0) is 17.8. The average Bonchev–Trinajstić information content (AvgIpc) is 2.64. The van der Waals surface area contributed by atoms with Gasteiger partial charge in [-0.05, 0) is 30.0 Å². The Hall–Kier alpha value is -2.39. The summed E-state index contributed by atoms with van der Waals surface area (Å²) in [6.45, 7) is 9.11. The highest BCUT2D eigenvalue weighted by molar-refractivity contribution is 5.69. The minimum absolute atomic E-state index is 0.234. The number of carbonyl (C=O) groups excluding carboxylic acids is 1. The van der Waals surface area contributed by atoms with Crippen LogP contribution in [0.15, 0.2) is 61.7 Å². The van der Waals surface area contributed by atoms with Crippen LogP contribution in [0.5, 0.6) is 0 Å². The predicted octanol–water partition coefficient (Wildman–Crippen LogP) is 4.59. The number of methoxy groups -OCH3 is 1. The molecule has 0 fully saturated rings. The first-order valence-corrected chi connectivity index (χ1v) is 7.99. The molecule has 0 N–H and O–H groups in total. The molecule has 2 rings (SSSR count). The number of benzene rings is 2. The second-order valence-electron chi connectivity index (χ2n) is 5.25. The van der Waals surface area contributed by atoms with Gasteiger partial charge in [0.15, 0.2) is 0 Å². The van der Waals surface area contributed by atoms with Crippen LogP contribution < -0.4 is 0 Å². The number of hydrogen-bond donors (Lipinski definition) is 0. The molecule has 2 aromatic rings. The molecular formula is C21H26O3. The van der Waals surface area contributed by atoms with Crippen molar-refractivity contribution in [3.05, 3.63) is 72.8 Å². The van der Waals surface area contributed by atoms with Crippen LogP contribution >= 0.6 is 0 Å². The number of hydrogen-bond acceptors (Lipinski definition) is 3. The zero-order valence-electron chi connectivity index (χ0n) is 14.6. The molecule has 0 bridgehead atoms. The third-order valence-corrected chi connectivity index (χ3v) is 3.55. The summed E-state index contributed by atoms with van der Waals surface area (Å²) in [5, 5.41) is 0. The van der Waals surface area contributed by atoms with Crippen molar-refractivity contribution in [1.29, 1.82) is 0 Å². The minimum atomic E-state index is -0.234. The second-order valence-corrected chi connectivity index (χ2v) is 5.25. The SMILES string of the molecule is C=C.COC(=O)CCOCCc1ccc(-c2ccc(C)cc2)cc1. The summed E-state index contributed by atoms with van der Waals surface area (Å²) in [5.74, 6) is -0.234. The maximum atomic E-state index is 10.9. The Morgan fingerprint density at radius 3 is 2.00 bits per heavy atom. The fraction of sp³-hybridized carbons (Fsp3) is 0.286. The largest absolute Gasteiger partial charge is 0.469 e. The van der Waals surface area contributed by atoms with Crippen molar-refractivity contribution in [1.82, 2.24) is 0 Å². The van der Waals surface area contributed by atoms with Crippen molar-refractivity contribution in [3.63, 3.8) is 0 Å². The lowest BCUT2D eigenvalue weighted by atomic mass is 10.0. The highest BCUT2D eigenvalue weighted by Crippen LogP contribution is 2.20.